The van der Waals surface area contributed by atoms with Crippen molar-refractivity contribution in [2.45, 2.75) is 83.0 Å². The molecule has 0 amide bonds. The third-order valence-electron chi connectivity index (χ3n) is 8.68. The van der Waals surface area contributed by atoms with Crippen LogP contribution in [0.15, 0.2) is 30.5 Å². The van der Waals surface area contributed by atoms with Gasteiger partial charge in [-0.2, -0.15) is 15.1 Å². The van der Waals surface area contributed by atoms with Crippen LogP contribution in [0.1, 0.15) is 57.9 Å². The number of benzene rings is 1. The fourth-order valence-corrected chi connectivity index (χ4v) is 7.57. The van der Waals surface area contributed by atoms with E-state index in [0.717, 1.165) is 25.9 Å². The lowest BCUT2D eigenvalue weighted by molar-refractivity contribution is -0.0644. The number of hydrogen-bond acceptors (Lipinski definition) is 16. The molecule has 2 saturated heterocycles. The molecule has 2 aliphatic heterocycles. The maximum Gasteiger partial charge on any atom is 0.510 e. The summed E-state index contributed by atoms with van der Waals surface area (Å²) < 4.78 is 56.2. The van der Waals surface area contributed by atoms with Crippen molar-refractivity contribution in [1.29, 1.82) is 0 Å². The van der Waals surface area contributed by atoms with Crippen LogP contribution < -0.4 is 4.90 Å². The van der Waals surface area contributed by atoms with Crippen LogP contribution in [-0.4, -0.2) is 101 Å². The number of carbonyl (C=O) groups is 2. The van der Waals surface area contributed by atoms with Crippen LogP contribution in [-0.2, 0) is 53.9 Å². The summed E-state index contributed by atoms with van der Waals surface area (Å²) in [6.07, 6.45) is -2.34. The van der Waals surface area contributed by atoms with Crippen molar-refractivity contribution >= 4 is 48.4 Å². The molecule has 3 atom stereocenters. The molecule has 1 aromatic carbocycles. The molecular formula is C32H41ClN5O12P. The van der Waals surface area contributed by atoms with Crippen molar-refractivity contribution in [3.05, 3.63) is 46.9 Å². The van der Waals surface area contributed by atoms with E-state index in [1.165, 1.54) is 11.1 Å². The molecule has 4 heterocycles. The van der Waals surface area contributed by atoms with E-state index < -0.39 is 70.5 Å². The van der Waals surface area contributed by atoms with E-state index in [4.69, 9.17) is 49.1 Å². The molecule has 0 bridgehead atoms. The number of fused-ring (bicyclic) bond motifs is 3. The van der Waals surface area contributed by atoms with Gasteiger partial charge in [-0.3, -0.25) is 13.6 Å². The zero-order chi connectivity index (χ0) is 36.3. The second kappa shape index (κ2) is 15.6. The van der Waals surface area contributed by atoms with E-state index in [1.54, 1.807) is 38.6 Å². The Kier molecular flexibility index (Phi) is 11.4. The van der Waals surface area contributed by atoms with Gasteiger partial charge in [0.05, 0.1) is 36.5 Å². The number of ether oxygens (including phenoxy) is 6. The molecule has 19 heteroatoms. The second-order valence-corrected chi connectivity index (χ2v) is 15.4. The van der Waals surface area contributed by atoms with E-state index in [-0.39, 0.29) is 23.7 Å². The van der Waals surface area contributed by atoms with Gasteiger partial charge in [-0.15, -0.1) is 0 Å². The number of halogens is 1. The smallest absolute Gasteiger partial charge is 0.432 e. The molecule has 51 heavy (non-hydrogen) atoms. The summed E-state index contributed by atoms with van der Waals surface area (Å²) in [5, 5.41) is 16.2. The third-order valence-corrected chi connectivity index (χ3v) is 10.3. The van der Waals surface area contributed by atoms with E-state index in [0.29, 0.717) is 16.9 Å². The summed E-state index contributed by atoms with van der Waals surface area (Å²) >= 11 is 6.42. The van der Waals surface area contributed by atoms with Crippen LogP contribution >= 0.6 is 19.2 Å². The number of anilines is 1. The third kappa shape index (κ3) is 8.57. The largest absolute Gasteiger partial charge is 0.510 e. The van der Waals surface area contributed by atoms with E-state index >= 15 is 0 Å². The molecule has 0 radical (unpaired) electrons. The van der Waals surface area contributed by atoms with Crippen molar-refractivity contribution in [3.8, 4) is 0 Å². The summed E-state index contributed by atoms with van der Waals surface area (Å²) in [7, 11) is -4.20. The van der Waals surface area contributed by atoms with Crippen LogP contribution in [0.2, 0.25) is 5.28 Å². The predicted molar refractivity (Wildman–Crippen MR) is 179 cm³/mol. The number of hydrogen-bond donors (Lipinski definition) is 1. The fourth-order valence-electron chi connectivity index (χ4n) is 6.43. The van der Waals surface area contributed by atoms with Gasteiger partial charge in [0.2, 0.25) is 18.9 Å². The second-order valence-electron chi connectivity index (χ2n) is 13.1. The van der Waals surface area contributed by atoms with Crippen LogP contribution in [0.5, 0.6) is 0 Å². The Morgan fingerprint density at radius 2 is 1.73 bits per heavy atom. The summed E-state index contributed by atoms with van der Waals surface area (Å²) in [4.78, 5) is 34.6. The SMILES string of the molecule is CC(C)OC(=O)OCOP(=O)(COC[C@H]1O[C@@H](n2ncc3c(N4CC5(CCc6ccccc65)C4)nc(Cl)nc32)C[C@@H]1O)OCOC(=O)OC(C)C. The van der Waals surface area contributed by atoms with Gasteiger partial charge in [0.15, 0.2) is 11.9 Å². The minimum Gasteiger partial charge on any atom is -0.432 e. The van der Waals surface area contributed by atoms with Gasteiger partial charge in [0.1, 0.15) is 18.3 Å². The molecule has 1 spiro atoms. The minimum atomic E-state index is -4.20. The monoisotopic (exact) mass is 753 g/mol. The molecule has 3 aromatic rings. The van der Waals surface area contributed by atoms with Gasteiger partial charge in [0.25, 0.3) is 0 Å². The average Bonchev–Trinajstić information content (AvgIpc) is 3.74. The Hall–Kier alpha value is -3.57. The fraction of sp³-hybridized carbons (Fsp3) is 0.594. The van der Waals surface area contributed by atoms with Gasteiger partial charge in [-0.25, -0.2) is 14.3 Å². The zero-order valence-electron chi connectivity index (χ0n) is 28.6. The summed E-state index contributed by atoms with van der Waals surface area (Å²) in [6.45, 7) is 6.22. The molecule has 3 aliphatic rings. The first kappa shape index (κ1) is 37.2. The quantitative estimate of drug-likeness (QED) is 0.0992. The maximum atomic E-state index is 13.4. The Balaban J connectivity index is 1.06. The molecule has 0 unspecified atom stereocenters. The highest BCUT2D eigenvalue weighted by atomic mass is 35.5. The highest BCUT2D eigenvalue weighted by Crippen LogP contribution is 2.49. The molecule has 278 valence electrons. The molecule has 17 nitrogen and oxygen atoms in total. The standard InChI is InChI=1S/C32H41ClN5O12P/c1-19(2)48-30(40)44-16-46-51(42,47-17-45-31(41)49-20(3)4)18-43-13-25-24(39)11-26(50-25)38-28-22(12-34-38)27(35-29(33)36-28)37-14-32(15-37)10-9-21-7-5-6-8-23(21)32/h5-8,12,19-20,24-26,39H,9-11,13-18H2,1-4H3/t24-,25+,26+/m0/s1. The van der Waals surface area contributed by atoms with Crippen molar-refractivity contribution in [3.63, 3.8) is 0 Å². The Morgan fingerprint density at radius 1 is 1.06 bits per heavy atom. The number of aliphatic hydroxyl groups excluding tert-OH is 1. The van der Waals surface area contributed by atoms with Crippen LogP contribution in [0.4, 0.5) is 15.4 Å². The van der Waals surface area contributed by atoms with E-state index in [9.17, 15) is 19.3 Å². The number of aliphatic hydroxyl groups is 1. The number of rotatable bonds is 14. The molecule has 1 N–H and O–H groups in total. The minimum absolute atomic E-state index is 0.0594. The normalized spacial score (nSPS) is 20.9. The first-order valence-corrected chi connectivity index (χ1v) is 18.7. The zero-order valence-corrected chi connectivity index (χ0v) is 30.3. The molecule has 2 aromatic heterocycles. The number of aromatic nitrogens is 4. The highest BCUT2D eigenvalue weighted by molar-refractivity contribution is 7.53. The van der Waals surface area contributed by atoms with Crippen LogP contribution in [0.3, 0.4) is 0 Å². The van der Waals surface area contributed by atoms with Gasteiger partial charge in [-0.1, -0.05) is 24.3 Å². The van der Waals surface area contributed by atoms with Crippen molar-refractivity contribution in [1.82, 2.24) is 19.7 Å². The van der Waals surface area contributed by atoms with Crippen LogP contribution in [0.25, 0.3) is 11.0 Å². The topological polar surface area (TPSA) is 192 Å². The predicted octanol–water partition coefficient (Wildman–Crippen LogP) is 5.07. The first-order chi connectivity index (χ1) is 24.3. The molecule has 2 fully saturated rings. The van der Waals surface area contributed by atoms with Crippen molar-refractivity contribution in [2.75, 3.05) is 44.5 Å². The lowest BCUT2D eigenvalue weighted by Crippen LogP contribution is -2.58. The molecule has 0 saturated carbocycles. The molecular weight excluding hydrogens is 713 g/mol. The van der Waals surface area contributed by atoms with Crippen molar-refractivity contribution < 1.29 is 56.7 Å². The Labute approximate surface area is 298 Å². The maximum absolute atomic E-state index is 13.4. The number of nitrogens with zero attached hydrogens (tertiary/aromatic N) is 5. The Morgan fingerprint density at radius 3 is 2.39 bits per heavy atom. The van der Waals surface area contributed by atoms with Crippen LogP contribution in [0, 0.1) is 0 Å². The average molecular weight is 754 g/mol. The van der Waals surface area contributed by atoms with Gasteiger partial charge in [0, 0.05) is 24.9 Å². The lowest BCUT2D eigenvalue weighted by atomic mass is 9.75. The van der Waals surface area contributed by atoms with Gasteiger partial charge >= 0.3 is 19.9 Å². The molecule has 1 aliphatic carbocycles. The lowest BCUT2D eigenvalue weighted by Gasteiger charge is -2.49. The van der Waals surface area contributed by atoms with Gasteiger partial charge in [-0.05, 0) is 63.3 Å². The van der Waals surface area contributed by atoms with E-state index in [1.807, 2.05) is 0 Å². The summed E-state index contributed by atoms with van der Waals surface area (Å²) in [6, 6.07) is 8.57. The number of carbonyl (C=O) groups excluding carboxylic acids is 2. The first-order valence-electron chi connectivity index (χ1n) is 16.5. The molecule has 6 rings (SSSR count). The van der Waals surface area contributed by atoms with Crippen molar-refractivity contribution in [2.24, 2.45) is 0 Å². The Bertz CT molecular complexity index is 1740. The summed E-state index contributed by atoms with van der Waals surface area (Å²) in [5.41, 5.74) is 3.32. The highest BCUT2D eigenvalue weighted by Gasteiger charge is 2.49. The summed E-state index contributed by atoms with van der Waals surface area (Å²) in [5.74, 6) is 0.684. The van der Waals surface area contributed by atoms with Gasteiger partial charge < -0.3 is 38.4 Å². The number of aryl methyl sites for hydroxylation is 1. The van der Waals surface area contributed by atoms with E-state index in [2.05, 4.69) is 44.2 Å².